The van der Waals surface area contributed by atoms with Gasteiger partial charge in [0.25, 0.3) is 0 Å². The Labute approximate surface area is 165 Å². The molecule has 0 saturated heterocycles. The number of nitrogens with zero attached hydrogens (tertiary/aromatic N) is 1. The summed E-state index contributed by atoms with van der Waals surface area (Å²) < 4.78 is 10.9. The van der Waals surface area contributed by atoms with Crippen molar-refractivity contribution in [1.29, 1.82) is 0 Å². The normalized spacial score (nSPS) is 13.7. The van der Waals surface area contributed by atoms with Gasteiger partial charge in [0.05, 0.1) is 26.8 Å². The zero-order chi connectivity index (χ0) is 19.7. The molecule has 0 aliphatic heterocycles. The fraction of sp³-hybridized carbons (Fsp3) is 0.450. The molecule has 7 heteroatoms. The number of rotatable bonds is 9. The van der Waals surface area contributed by atoms with Crippen LogP contribution in [0.2, 0.25) is 0 Å². The monoisotopic (exact) mass is 391 g/mol. The molecule has 0 fully saturated rings. The first-order valence-corrected chi connectivity index (χ1v) is 10.0. The summed E-state index contributed by atoms with van der Waals surface area (Å²) in [7, 11) is 1.63. The van der Waals surface area contributed by atoms with Crippen molar-refractivity contribution in [2.45, 2.75) is 32.9 Å². The van der Waals surface area contributed by atoms with Gasteiger partial charge in [-0.3, -0.25) is 0 Å². The van der Waals surface area contributed by atoms with Gasteiger partial charge in [0.1, 0.15) is 5.60 Å². The van der Waals surface area contributed by atoms with Crippen LogP contribution in [0.15, 0.2) is 40.0 Å². The lowest BCUT2D eigenvalue weighted by atomic mass is 9.99. The van der Waals surface area contributed by atoms with Crippen molar-refractivity contribution in [1.82, 2.24) is 10.6 Å². The topological polar surface area (TPSA) is 75.1 Å². The Hall–Kier alpha value is -2.25. The predicted octanol–water partition coefficient (Wildman–Crippen LogP) is 3.12. The van der Waals surface area contributed by atoms with E-state index in [0.29, 0.717) is 37.2 Å². The number of nitrogens with one attached hydrogen (secondary N) is 2. The fourth-order valence-electron chi connectivity index (χ4n) is 2.53. The van der Waals surface area contributed by atoms with Crippen LogP contribution in [0.3, 0.4) is 0 Å². The minimum absolute atomic E-state index is 0.363. The third-order valence-corrected chi connectivity index (χ3v) is 4.72. The van der Waals surface area contributed by atoms with Crippen molar-refractivity contribution in [3.8, 4) is 11.5 Å². The van der Waals surface area contributed by atoms with Crippen LogP contribution in [0.1, 0.15) is 31.9 Å². The predicted molar refractivity (Wildman–Crippen MR) is 111 cm³/mol. The van der Waals surface area contributed by atoms with E-state index >= 15 is 0 Å². The first kappa shape index (κ1) is 21.1. The van der Waals surface area contributed by atoms with Crippen molar-refractivity contribution in [2.24, 2.45) is 4.99 Å². The summed E-state index contributed by atoms with van der Waals surface area (Å²) in [6, 6.07) is 7.73. The molecule has 0 bridgehead atoms. The summed E-state index contributed by atoms with van der Waals surface area (Å²) in [4.78, 5) is 4.61. The molecule has 2 rings (SSSR count). The molecule has 0 aliphatic carbocycles. The number of aliphatic hydroxyl groups is 1. The average Bonchev–Trinajstić information content (AvgIpc) is 3.20. The molecule has 0 spiro atoms. The summed E-state index contributed by atoms with van der Waals surface area (Å²) in [6.45, 7) is 7.90. The van der Waals surface area contributed by atoms with Crippen LogP contribution >= 0.6 is 11.3 Å². The van der Waals surface area contributed by atoms with Crippen LogP contribution in [-0.2, 0) is 12.1 Å². The standard InChI is InChI=1S/C20H29N3O3S/c1-5-21-19(23-14-20(3,24)16-9-10-27-13-16)22-12-15-7-8-17(25-4)18(11-15)26-6-2/h7-11,13,24H,5-6,12,14H2,1-4H3,(H2,21,22,23). The van der Waals surface area contributed by atoms with Crippen LogP contribution in [0.5, 0.6) is 11.5 Å². The van der Waals surface area contributed by atoms with Gasteiger partial charge < -0.3 is 25.2 Å². The molecular weight excluding hydrogens is 362 g/mol. The first-order chi connectivity index (χ1) is 13.0. The Balaban J connectivity index is 2.05. The molecule has 148 valence electrons. The van der Waals surface area contributed by atoms with Crippen LogP contribution in [0, 0.1) is 0 Å². The van der Waals surface area contributed by atoms with E-state index < -0.39 is 5.60 Å². The summed E-state index contributed by atoms with van der Waals surface area (Å²) in [6.07, 6.45) is 0. The van der Waals surface area contributed by atoms with E-state index in [1.54, 1.807) is 25.4 Å². The highest BCUT2D eigenvalue weighted by Gasteiger charge is 2.23. The Morgan fingerprint density at radius 2 is 2.04 bits per heavy atom. The van der Waals surface area contributed by atoms with Gasteiger partial charge in [-0.25, -0.2) is 4.99 Å². The second-order valence-electron chi connectivity index (χ2n) is 6.25. The van der Waals surface area contributed by atoms with Crippen molar-refractivity contribution >= 4 is 17.3 Å². The Kier molecular flexibility index (Phi) is 7.94. The first-order valence-electron chi connectivity index (χ1n) is 9.07. The van der Waals surface area contributed by atoms with E-state index in [9.17, 15) is 5.11 Å². The molecule has 0 radical (unpaired) electrons. The van der Waals surface area contributed by atoms with Crippen LogP contribution < -0.4 is 20.1 Å². The average molecular weight is 392 g/mol. The highest BCUT2D eigenvalue weighted by atomic mass is 32.1. The number of guanidine groups is 1. The molecule has 1 aromatic heterocycles. The number of thiophene rings is 1. The maximum absolute atomic E-state index is 10.7. The third kappa shape index (κ3) is 6.15. The SMILES string of the molecule is CCNC(=NCc1ccc(OC)c(OCC)c1)NCC(C)(O)c1ccsc1. The molecule has 2 aromatic rings. The highest BCUT2D eigenvalue weighted by molar-refractivity contribution is 7.08. The molecule has 1 heterocycles. The third-order valence-electron chi connectivity index (χ3n) is 4.03. The van der Waals surface area contributed by atoms with E-state index in [0.717, 1.165) is 17.7 Å². The zero-order valence-electron chi connectivity index (χ0n) is 16.4. The van der Waals surface area contributed by atoms with Crippen LogP contribution in [0.25, 0.3) is 0 Å². The smallest absolute Gasteiger partial charge is 0.191 e. The van der Waals surface area contributed by atoms with Gasteiger partial charge in [-0.2, -0.15) is 11.3 Å². The molecule has 1 atom stereocenters. The summed E-state index contributed by atoms with van der Waals surface area (Å²) in [5.74, 6) is 2.08. The van der Waals surface area contributed by atoms with E-state index in [-0.39, 0.29) is 0 Å². The number of methoxy groups -OCH3 is 1. The van der Waals surface area contributed by atoms with Gasteiger partial charge in [-0.15, -0.1) is 0 Å². The molecule has 3 N–H and O–H groups in total. The van der Waals surface area contributed by atoms with Gasteiger partial charge in [0, 0.05) is 6.54 Å². The lowest BCUT2D eigenvalue weighted by Crippen LogP contribution is -2.44. The Bertz CT molecular complexity index is 730. The van der Waals surface area contributed by atoms with Crippen molar-refractivity contribution in [3.05, 3.63) is 46.2 Å². The van der Waals surface area contributed by atoms with Crippen LogP contribution in [0.4, 0.5) is 0 Å². The number of aliphatic imine (C=N–C) groups is 1. The second kappa shape index (κ2) is 10.2. The van der Waals surface area contributed by atoms with Gasteiger partial charge in [0.15, 0.2) is 17.5 Å². The molecule has 6 nitrogen and oxygen atoms in total. The minimum Gasteiger partial charge on any atom is -0.493 e. The van der Waals surface area contributed by atoms with E-state index in [1.807, 2.05) is 48.9 Å². The van der Waals surface area contributed by atoms with Crippen molar-refractivity contribution in [3.63, 3.8) is 0 Å². The highest BCUT2D eigenvalue weighted by Crippen LogP contribution is 2.28. The number of benzene rings is 1. The summed E-state index contributed by atoms with van der Waals surface area (Å²) in [5, 5.41) is 21.0. The Morgan fingerprint density at radius 3 is 2.67 bits per heavy atom. The lowest BCUT2D eigenvalue weighted by Gasteiger charge is -2.24. The summed E-state index contributed by atoms with van der Waals surface area (Å²) >= 11 is 1.57. The molecule has 0 amide bonds. The van der Waals surface area contributed by atoms with Gasteiger partial charge in [0.2, 0.25) is 0 Å². The quantitative estimate of drug-likeness (QED) is 0.452. The fourth-order valence-corrected chi connectivity index (χ4v) is 3.31. The Morgan fingerprint density at radius 1 is 1.22 bits per heavy atom. The minimum atomic E-state index is -0.960. The molecular formula is C20H29N3O3S. The summed E-state index contributed by atoms with van der Waals surface area (Å²) in [5.41, 5.74) is 0.951. The molecule has 0 aliphatic rings. The van der Waals surface area contributed by atoms with Crippen molar-refractivity contribution < 1.29 is 14.6 Å². The maximum Gasteiger partial charge on any atom is 0.191 e. The molecule has 0 saturated carbocycles. The largest absolute Gasteiger partial charge is 0.493 e. The molecule has 1 unspecified atom stereocenters. The molecule has 27 heavy (non-hydrogen) atoms. The molecule has 1 aromatic carbocycles. The van der Waals surface area contributed by atoms with E-state index in [4.69, 9.17) is 9.47 Å². The van der Waals surface area contributed by atoms with Gasteiger partial charge >= 0.3 is 0 Å². The maximum atomic E-state index is 10.7. The number of hydrogen-bond donors (Lipinski definition) is 3. The van der Waals surface area contributed by atoms with Crippen LogP contribution in [-0.4, -0.2) is 37.9 Å². The lowest BCUT2D eigenvalue weighted by molar-refractivity contribution is 0.0621. The van der Waals surface area contributed by atoms with Gasteiger partial charge in [-0.05, 0) is 60.9 Å². The zero-order valence-corrected chi connectivity index (χ0v) is 17.2. The number of hydrogen-bond acceptors (Lipinski definition) is 5. The number of ether oxygens (including phenoxy) is 2. The van der Waals surface area contributed by atoms with Gasteiger partial charge in [-0.1, -0.05) is 6.07 Å². The van der Waals surface area contributed by atoms with E-state index in [2.05, 4.69) is 15.6 Å². The van der Waals surface area contributed by atoms with Crippen molar-refractivity contribution in [2.75, 3.05) is 26.8 Å². The second-order valence-corrected chi connectivity index (χ2v) is 7.03. The van der Waals surface area contributed by atoms with E-state index in [1.165, 1.54) is 0 Å².